The maximum Gasteiger partial charge on any atom is 0.0817 e. The van der Waals surface area contributed by atoms with E-state index in [-0.39, 0.29) is 0 Å². The normalized spacial score (nSPS) is 24.8. The van der Waals surface area contributed by atoms with Crippen molar-refractivity contribution in [3.63, 3.8) is 0 Å². The Morgan fingerprint density at radius 2 is 1.89 bits per heavy atom. The molecule has 0 spiro atoms. The van der Waals surface area contributed by atoms with Crippen molar-refractivity contribution in [2.45, 2.75) is 37.7 Å². The molecule has 2 heterocycles. The Balaban J connectivity index is 1.60. The molecule has 0 atom stereocenters. The van der Waals surface area contributed by atoms with Crippen molar-refractivity contribution in [3.8, 4) is 0 Å². The number of hydrogen-bond acceptors (Lipinski definition) is 4. The zero-order chi connectivity index (χ0) is 12.8. The van der Waals surface area contributed by atoms with E-state index in [1.165, 1.54) is 38.9 Å². The highest BCUT2D eigenvalue weighted by Gasteiger charge is 2.30. The van der Waals surface area contributed by atoms with Crippen LogP contribution < -0.4 is 0 Å². The first-order valence-corrected chi connectivity index (χ1v) is 7.39. The van der Waals surface area contributed by atoms with Crippen LogP contribution in [-0.4, -0.2) is 73.5 Å². The Kier molecular flexibility index (Phi) is 5.42. The lowest BCUT2D eigenvalue weighted by Crippen LogP contribution is -2.46. The molecule has 2 aliphatic heterocycles. The topological polar surface area (TPSA) is 35.9 Å². The van der Waals surface area contributed by atoms with E-state index in [1.54, 1.807) is 0 Å². The van der Waals surface area contributed by atoms with Gasteiger partial charge in [0.2, 0.25) is 0 Å². The summed E-state index contributed by atoms with van der Waals surface area (Å²) < 4.78 is 5.31. The van der Waals surface area contributed by atoms with Gasteiger partial charge in [-0.05, 0) is 52.5 Å². The second-order valence-electron chi connectivity index (χ2n) is 5.98. The number of ether oxygens (including phenoxy) is 1. The molecular weight excluding hydrogens is 228 g/mol. The molecular formula is C14H28N2O2. The summed E-state index contributed by atoms with van der Waals surface area (Å²) in [7, 11) is 2.12. The predicted molar refractivity (Wildman–Crippen MR) is 72.8 cm³/mol. The van der Waals surface area contributed by atoms with E-state index in [9.17, 15) is 5.11 Å². The van der Waals surface area contributed by atoms with Crippen LogP contribution in [0.2, 0.25) is 0 Å². The van der Waals surface area contributed by atoms with E-state index >= 15 is 0 Å². The van der Waals surface area contributed by atoms with Crippen LogP contribution in [0.15, 0.2) is 0 Å². The molecule has 0 radical (unpaired) electrons. The summed E-state index contributed by atoms with van der Waals surface area (Å²) in [6, 6.07) is 0. The maximum atomic E-state index is 10.4. The summed E-state index contributed by atoms with van der Waals surface area (Å²) in [5.74, 6) is 0. The van der Waals surface area contributed by atoms with Crippen molar-refractivity contribution in [1.82, 2.24) is 9.80 Å². The molecule has 0 bridgehead atoms. The highest BCUT2D eigenvalue weighted by atomic mass is 16.5. The third kappa shape index (κ3) is 4.50. The van der Waals surface area contributed by atoms with E-state index in [2.05, 4.69) is 16.8 Å². The smallest absolute Gasteiger partial charge is 0.0817 e. The molecule has 2 rings (SSSR count). The minimum atomic E-state index is -0.513. The Bertz CT molecular complexity index is 236. The Hall–Kier alpha value is -0.160. The minimum Gasteiger partial charge on any atom is -0.388 e. The number of likely N-dealkylation sites (N-methyl/N-ethyl adjacent to an activating group) is 1. The SMILES string of the molecule is CN(CCCN1CCCC1)CC1(O)CCOCC1. The number of hydrogen-bond donors (Lipinski definition) is 1. The van der Waals surface area contributed by atoms with E-state index < -0.39 is 5.60 Å². The van der Waals surface area contributed by atoms with E-state index in [4.69, 9.17) is 4.74 Å². The lowest BCUT2D eigenvalue weighted by Gasteiger charge is -2.35. The van der Waals surface area contributed by atoms with Crippen molar-refractivity contribution in [1.29, 1.82) is 0 Å². The first-order valence-electron chi connectivity index (χ1n) is 7.39. The van der Waals surface area contributed by atoms with Crippen LogP contribution >= 0.6 is 0 Å². The van der Waals surface area contributed by atoms with E-state index in [0.717, 1.165) is 25.9 Å². The molecule has 4 heteroatoms. The molecule has 0 saturated carbocycles. The number of rotatable bonds is 6. The van der Waals surface area contributed by atoms with Gasteiger partial charge in [-0.3, -0.25) is 0 Å². The molecule has 4 nitrogen and oxygen atoms in total. The Morgan fingerprint density at radius 3 is 2.56 bits per heavy atom. The summed E-state index contributed by atoms with van der Waals surface area (Å²) in [4.78, 5) is 4.83. The van der Waals surface area contributed by atoms with Gasteiger partial charge in [0.1, 0.15) is 0 Å². The van der Waals surface area contributed by atoms with Crippen LogP contribution in [-0.2, 0) is 4.74 Å². The molecule has 2 saturated heterocycles. The van der Waals surface area contributed by atoms with Crippen molar-refractivity contribution in [3.05, 3.63) is 0 Å². The third-order valence-electron chi connectivity index (χ3n) is 4.20. The quantitative estimate of drug-likeness (QED) is 0.767. The van der Waals surface area contributed by atoms with Crippen LogP contribution in [0, 0.1) is 0 Å². The summed E-state index contributed by atoms with van der Waals surface area (Å²) in [6.07, 6.45) is 5.52. The molecule has 18 heavy (non-hydrogen) atoms. The number of nitrogens with zero attached hydrogens (tertiary/aromatic N) is 2. The molecule has 0 unspecified atom stereocenters. The third-order valence-corrected chi connectivity index (χ3v) is 4.20. The van der Waals surface area contributed by atoms with Crippen molar-refractivity contribution >= 4 is 0 Å². The van der Waals surface area contributed by atoms with Gasteiger partial charge in [-0.25, -0.2) is 0 Å². The highest BCUT2D eigenvalue weighted by Crippen LogP contribution is 2.21. The Morgan fingerprint density at radius 1 is 1.22 bits per heavy atom. The fraction of sp³-hybridized carbons (Fsp3) is 1.00. The first kappa shape index (κ1) is 14.3. The molecule has 0 aliphatic carbocycles. The monoisotopic (exact) mass is 256 g/mol. The van der Waals surface area contributed by atoms with Gasteiger partial charge in [0.05, 0.1) is 5.60 Å². The standard InChI is InChI=1S/C14H28N2O2/c1-15(7-4-10-16-8-2-3-9-16)13-14(17)5-11-18-12-6-14/h17H,2-13H2,1H3. The zero-order valence-corrected chi connectivity index (χ0v) is 11.7. The minimum absolute atomic E-state index is 0.513. The fourth-order valence-corrected chi connectivity index (χ4v) is 3.06. The largest absolute Gasteiger partial charge is 0.388 e. The fourth-order valence-electron chi connectivity index (χ4n) is 3.06. The van der Waals surface area contributed by atoms with Gasteiger partial charge in [-0.15, -0.1) is 0 Å². The van der Waals surface area contributed by atoms with Gasteiger partial charge in [-0.1, -0.05) is 0 Å². The van der Waals surface area contributed by atoms with Gasteiger partial charge >= 0.3 is 0 Å². The van der Waals surface area contributed by atoms with Crippen LogP contribution in [0.1, 0.15) is 32.1 Å². The van der Waals surface area contributed by atoms with Crippen molar-refractivity contribution in [2.24, 2.45) is 0 Å². The molecule has 0 aromatic heterocycles. The zero-order valence-electron chi connectivity index (χ0n) is 11.7. The second-order valence-corrected chi connectivity index (χ2v) is 5.98. The van der Waals surface area contributed by atoms with Crippen LogP contribution in [0.4, 0.5) is 0 Å². The second kappa shape index (κ2) is 6.85. The molecule has 1 N–H and O–H groups in total. The van der Waals surface area contributed by atoms with Crippen LogP contribution in [0.5, 0.6) is 0 Å². The molecule has 0 aromatic carbocycles. The average Bonchev–Trinajstić information content (AvgIpc) is 2.82. The molecule has 2 fully saturated rings. The molecule has 0 aromatic rings. The number of aliphatic hydroxyl groups is 1. The van der Waals surface area contributed by atoms with Gasteiger partial charge < -0.3 is 19.6 Å². The lowest BCUT2D eigenvalue weighted by atomic mass is 9.94. The van der Waals surface area contributed by atoms with Crippen LogP contribution in [0.25, 0.3) is 0 Å². The summed E-state index contributed by atoms with van der Waals surface area (Å²) in [5.41, 5.74) is -0.513. The highest BCUT2D eigenvalue weighted by molar-refractivity contribution is 4.84. The lowest BCUT2D eigenvalue weighted by molar-refractivity contribution is -0.0769. The number of likely N-dealkylation sites (tertiary alicyclic amines) is 1. The summed E-state index contributed by atoms with van der Waals surface area (Å²) in [5, 5.41) is 10.4. The van der Waals surface area contributed by atoms with Crippen LogP contribution in [0.3, 0.4) is 0 Å². The van der Waals surface area contributed by atoms with Crippen molar-refractivity contribution < 1.29 is 9.84 Å². The van der Waals surface area contributed by atoms with Gasteiger partial charge in [0.25, 0.3) is 0 Å². The van der Waals surface area contributed by atoms with Crippen molar-refractivity contribution in [2.75, 3.05) is 53.0 Å². The predicted octanol–water partition coefficient (Wildman–Crippen LogP) is 0.946. The summed E-state index contributed by atoms with van der Waals surface area (Å²) in [6.45, 7) is 7.06. The maximum absolute atomic E-state index is 10.4. The molecule has 0 amide bonds. The first-order chi connectivity index (χ1) is 8.68. The van der Waals surface area contributed by atoms with Gasteiger partial charge in [-0.2, -0.15) is 0 Å². The van der Waals surface area contributed by atoms with E-state index in [0.29, 0.717) is 13.2 Å². The van der Waals surface area contributed by atoms with Gasteiger partial charge in [0.15, 0.2) is 0 Å². The summed E-state index contributed by atoms with van der Waals surface area (Å²) >= 11 is 0. The van der Waals surface area contributed by atoms with Gasteiger partial charge in [0, 0.05) is 32.6 Å². The molecule has 106 valence electrons. The van der Waals surface area contributed by atoms with E-state index in [1.807, 2.05) is 0 Å². The molecule has 2 aliphatic rings. The average molecular weight is 256 g/mol. The Labute approximate surface area is 111 Å².